The van der Waals surface area contributed by atoms with Gasteiger partial charge in [0.1, 0.15) is 0 Å². The molecule has 19 heavy (non-hydrogen) atoms. The van der Waals surface area contributed by atoms with Crippen LogP contribution in [0.2, 0.25) is 0 Å². The first kappa shape index (κ1) is 13.8. The number of aromatic amines is 1. The van der Waals surface area contributed by atoms with E-state index in [2.05, 4.69) is 10.3 Å². The summed E-state index contributed by atoms with van der Waals surface area (Å²) in [6, 6.07) is 3.04. The van der Waals surface area contributed by atoms with Crippen molar-refractivity contribution in [2.45, 2.75) is 51.4 Å². The molecule has 0 unspecified atom stereocenters. The van der Waals surface area contributed by atoms with Crippen molar-refractivity contribution < 1.29 is 9.53 Å². The fraction of sp³-hybridized carbons (Fsp3) is 0.571. The molecule has 0 bridgehead atoms. The molecule has 0 radical (unpaired) electrons. The second-order valence-corrected chi connectivity index (χ2v) is 5.94. The molecule has 0 aliphatic heterocycles. The van der Waals surface area contributed by atoms with Crippen molar-refractivity contribution in [3.8, 4) is 0 Å². The molecule has 0 saturated heterocycles. The van der Waals surface area contributed by atoms with Gasteiger partial charge in [-0.2, -0.15) is 0 Å². The lowest BCUT2D eigenvalue weighted by molar-refractivity contribution is -0.101. The normalized spacial score (nSPS) is 22.7. The summed E-state index contributed by atoms with van der Waals surface area (Å²) in [6.07, 6.45) is 3.34. The minimum Gasteiger partial charge on any atom is -0.372 e. The summed E-state index contributed by atoms with van der Waals surface area (Å²) >= 11 is 0. The first-order valence-corrected chi connectivity index (χ1v) is 6.51. The third-order valence-corrected chi connectivity index (χ3v) is 2.99. The van der Waals surface area contributed by atoms with E-state index in [0.29, 0.717) is 5.56 Å². The third kappa shape index (κ3) is 3.92. The van der Waals surface area contributed by atoms with Crippen LogP contribution in [-0.2, 0) is 4.74 Å². The van der Waals surface area contributed by atoms with E-state index in [1.807, 2.05) is 20.8 Å². The maximum Gasteiger partial charge on any atom is 0.251 e. The maximum atomic E-state index is 11.9. The largest absolute Gasteiger partial charge is 0.372 e. The molecule has 1 saturated carbocycles. The van der Waals surface area contributed by atoms with Gasteiger partial charge in [-0.15, -0.1) is 0 Å². The number of rotatable bonds is 3. The standard InChI is InChI=1S/C14H20N2O3/c1-14(2,3)19-11-7-10(8-11)16-13(18)9-4-5-15-12(17)6-9/h4-6,10-11H,7-8H2,1-3H3,(H,15,17)(H,16,18). The number of ether oxygens (including phenoxy) is 1. The van der Waals surface area contributed by atoms with Crippen LogP contribution in [0.1, 0.15) is 44.0 Å². The molecule has 1 aromatic heterocycles. The van der Waals surface area contributed by atoms with E-state index >= 15 is 0 Å². The molecule has 1 aromatic rings. The third-order valence-electron chi connectivity index (χ3n) is 2.99. The first-order valence-electron chi connectivity index (χ1n) is 6.51. The lowest BCUT2D eigenvalue weighted by Crippen LogP contribution is -2.49. The predicted molar refractivity (Wildman–Crippen MR) is 72.2 cm³/mol. The summed E-state index contributed by atoms with van der Waals surface area (Å²) in [7, 11) is 0. The zero-order valence-corrected chi connectivity index (χ0v) is 11.5. The number of H-pyrrole nitrogens is 1. The quantitative estimate of drug-likeness (QED) is 0.868. The van der Waals surface area contributed by atoms with Gasteiger partial charge in [-0.25, -0.2) is 0 Å². The summed E-state index contributed by atoms with van der Waals surface area (Å²) in [5, 5.41) is 2.90. The summed E-state index contributed by atoms with van der Waals surface area (Å²) in [4.78, 5) is 25.5. The van der Waals surface area contributed by atoms with Crippen LogP contribution in [0.25, 0.3) is 0 Å². The van der Waals surface area contributed by atoms with Crippen molar-refractivity contribution in [2.24, 2.45) is 0 Å². The predicted octanol–water partition coefficient (Wildman–Crippen LogP) is 1.45. The molecule has 1 fully saturated rings. The van der Waals surface area contributed by atoms with E-state index < -0.39 is 0 Å². The molecule has 5 nitrogen and oxygen atoms in total. The Morgan fingerprint density at radius 2 is 2.11 bits per heavy atom. The van der Waals surface area contributed by atoms with Gasteiger partial charge in [-0.1, -0.05) is 0 Å². The molecule has 2 rings (SSSR count). The molecule has 0 aromatic carbocycles. The van der Waals surface area contributed by atoms with E-state index in [0.717, 1.165) is 12.8 Å². The summed E-state index contributed by atoms with van der Waals surface area (Å²) in [5.74, 6) is -0.203. The Balaban J connectivity index is 1.82. The highest BCUT2D eigenvalue weighted by atomic mass is 16.5. The smallest absolute Gasteiger partial charge is 0.251 e. The van der Waals surface area contributed by atoms with Gasteiger partial charge in [-0.05, 0) is 39.7 Å². The van der Waals surface area contributed by atoms with Gasteiger partial charge < -0.3 is 15.0 Å². The molecule has 0 atom stereocenters. The highest BCUT2D eigenvalue weighted by Gasteiger charge is 2.33. The van der Waals surface area contributed by atoms with Gasteiger partial charge in [0.25, 0.3) is 5.91 Å². The van der Waals surface area contributed by atoms with Crippen molar-refractivity contribution in [2.75, 3.05) is 0 Å². The Hall–Kier alpha value is -1.62. The number of amides is 1. The van der Waals surface area contributed by atoms with Crippen molar-refractivity contribution in [3.05, 3.63) is 34.2 Å². The van der Waals surface area contributed by atoms with Crippen molar-refractivity contribution in [1.29, 1.82) is 0 Å². The summed E-state index contributed by atoms with van der Waals surface area (Å²) in [6.45, 7) is 6.07. The zero-order valence-electron chi connectivity index (χ0n) is 11.5. The molecule has 1 amide bonds. The molecule has 0 spiro atoms. The topological polar surface area (TPSA) is 71.2 Å². The lowest BCUT2D eigenvalue weighted by atomic mass is 9.88. The number of carbonyl (C=O) groups is 1. The van der Waals surface area contributed by atoms with Crippen LogP contribution in [0.5, 0.6) is 0 Å². The monoisotopic (exact) mass is 264 g/mol. The first-order chi connectivity index (χ1) is 8.83. The van der Waals surface area contributed by atoms with Crippen LogP contribution in [-0.4, -0.2) is 28.6 Å². The number of carbonyl (C=O) groups excluding carboxylic acids is 1. The average molecular weight is 264 g/mol. The number of nitrogens with one attached hydrogen (secondary N) is 2. The molecule has 104 valence electrons. The Kier molecular flexibility index (Phi) is 3.75. The lowest BCUT2D eigenvalue weighted by Gasteiger charge is -2.39. The van der Waals surface area contributed by atoms with Gasteiger partial charge in [0.2, 0.25) is 5.56 Å². The minimum absolute atomic E-state index is 0.138. The number of hydrogen-bond acceptors (Lipinski definition) is 3. The Morgan fingerprint density at radius 3 is 2.68 bits per heavy atom. The van der Waals surface area contributed by atoms with Crippen LogP contribution >= 0.6 is 0 Å². The molecule has 1 aliphatic carbocycles. The highest BCUT2D eigenvalue weighted by molar-refractivity contribution is 5.94. The Labute approximate surface area is 112 Å². The summed E-state index contributed by atoms with van der Waals surface area (Å²) in [5.41, 5.74) is -0.0223. The average Bonchev–Trinajstić information content (AvgIpc) is 2.24. The Bertz CT molecular complexity index is 510. The second-order valence-electron chi connectivity index (χ2n) is 5.94. The van der Waals surface area contributed by atoms with Gasteiger partial charge in [-0.3, -0.25) is 9.59 Å². The molecular weight excluding hydrogens is 244 g/mol. The van der Waals surface area contributed by atoms with E-state index in [4.69, 9.17) is 4.74 Å². The van der Waals surface area contributed by atoms with Crippen molar-refractivity contribution in [3.63, 3.8) is 0 Å². The van der Waals surface area contributed by atoms with Crippen molar-refractivity contribution in [1.82, 2.24) is 10.3 Å². The van der Waals surface area contributed by atoms with E-state index in [-0.39, 0.29) is 29.2 Å². The molecule has 5 heteroatoms. The van der Waals surface area contributed by atoms with Crippen LogP contribution < -0.4 is 10.9 Å². The second kappa shape index (κ2) is 5.17. The molecule has 2 N–H and O–H groups in total. The SMILES string of the molecule is CC(C)(C)OC1CC(NC(=O)c2cc[nH]c(=O)c2)C1. The van der Waals surface area contributed by atoms with Crippen LogP contribution in [0.15, 0.2) is 23.1 Å². The van der Waals surface area contributed by atoms with Crippen LogP contribution in [0, 0.1) is 0 Å². The maximum absolute atomic E-state index is 11.9. The van der Waals surface area contributed by atoms with Crippen LogP contribution in [0.3, 0.4) is 0 Å². The van der Waals surface area contributed by atoms with Gasteiger partial charge in [0.15, 0.2) is 0 Å². The number of hydrogen-bond donors (Lipinski definition) is 2. The fourth-order valence-corrected chi connectivity index (χ4v) is 2.13. The van der Waals surface area contributed by atoms with Crippen molar-refractivity contribution >= 4 is 5.91 Å². The van der Waals surface area contributed by atoms with Gasteiger partial charge in [0, 0.05) is 23.9 Å². The van der Waals surface area contributed by atoms with E-state index in [1.165, 1.54) is 12.3 Å². The Morgan fingerprint density at radius 1 is 1.42 bits per heavy atom. The molecule has 1 heterocycles. The number of aromatic nitrogens is 1. The van der Waals surface area contributed by atoms with E-state index in [1.54, 1.807) is 6.07 Å². The van der Waals surface area contributed by atoms with Gasteiger partial charge >= 0.3 is 0 Å². The summed E-state index contributed by atoms with van der Waals surface area (Å²) < 4.78 is 5.80. The fourth-order valence-electron chi connectivity index (χ4n) is 2.13. The molecular formula is C14H20N2O3. The van der Waals surface area contributed by atoms with Gasteiger partial charge in [0.05, 0.1) is 11.7 Å². The van der Waals surface area contributed by atoms with Crippen LogP contribution in [0.4, 0.5) is 0 Å². The highest BCUT2D eigenvalue weighted by Crippen LogP contribution is 2.27. The number of pyridine rings is 1. The molecule has 1 aliphatic rings. The minimum atomic E-state index is -0.268. The van der Waals surface area contributed by atoms with E-state index in [9.17, 15) is 9.59 Å². The zero-order chi connectivity index (χ0) is 14.0.